The molecule has 2 aliphatic rings. The SMILES string of the molecule is CCC(=O)N1c2ccccc2[C@H](Nc2ccc(C3=CCN(CC(=O)O)CC3)cc2)C[C@@H]1C.O=C(O)C(F)(F)F. The molecule has 0 unspecified atom stereocenters. The van der Waals surface area contributed by atoms with E-state index in [0.717, 1.165) is 36.3 Å². The van der Waals surface area contributed by atoms with Gasteiger partial charge in [-0.15, -0.1) is 0 Å². The highest BCUT2D eigenvalue weighted by molar-refractivity contribution is 5.95. The van der Waals surface area contributed by atoms with Gasteiger partial charge in [0.1, 0.15) is 0 Å². The van der Waals surface area contributed by atoms with Gasteiger partial charge in [-0.1, -0.05) is 43.3 Å². The van der Waals surface area contributed by atoms with E-state index in [4.69, 9.17) is 15.0 Å². The number of alkyl halides is 3. The number of benzene rings is 2. The van der Waals surface area contributed by atoms with E-state index in [0.29, 0.717) is 13.0 Å². The monoisotopic (exact) mass is 547 g/mol. The van der Waals surface area contributed by atoms with Crippen LogP contribution in [0.15, 0.2) is 54.6 Å². The van der Waals surface area contributed by atoms with Crippen LogP contribution in [0.1, 0.15) is 50.3 Å². The molecular weight excluding hydrogens is 515 g/mol. The third kappa shape index (κ3) is 7.82. The first-order valence-corrected chi connectivity index (χ1v) is 12.6. The smallest absolute Gasteiger partial charge is 0.480 e. The lowest BCUT2D eigenvalue weighted by Crippen LogP contribution is -2.44. The molecule has 2 aliphatic heterocycles. The molecular formula is C28H32F3N3O5. The van der Waals surface area contributed by atoms with Crippen molar-refractivity contribution in [1.82, 2.24) is 4.90 Å². The topological polar surface area (TPSA) is 110 Å². The number of carboxylic acids is 2. The van der Waals surface area contributed by atoms with Gasteiger partial charge < -0.3 is 20.4 Å². The van der Waals surface area contributed by atoms with Crippen molar-refractivity contribution in [2.24, 2.45) is 0 Å². The molecule has 8 nitrogen and oxygen atoms in total. The number of carbonyl (C=O) groups is 3. The largest absolute Gasteiger partial charge is 0.490 e. The average molecular weight is 548 g/mol. The summed E-state index contributed by atoms with van der Waals surface area (Å²) in [6, 6.07) is 16.9. The van der Waals surface area contributed by atoms with Gasteiger partial charge in [0, 0.05) is 36.9 Å². The van der Waals surface area contributed by atoms with Crippen molar-refractivity contribution in [2.45, 2.75) is 51.4 Å². The first-order valence-electron chi connectivity index (χ1n) is 12.6. The molecule has 0 saturated heterocycles. The average Bonchev–Trinajstić information content (AvgIpc) is 2.89. The lowest BCUT2D eigenvalue weighted by atomic mass is 9.91. The quantitative estimate of drug-likeness (QED) is 0.457. The Bertz CT molecular complexity index is 1210. The third-order valence-corrected chi connectivity index (χ3v) is 6.65. The van der Waals surface area contributed by atoms with Crippen LogP contribution in [0, 0.1) is 0 Å². The maximum absolute atomic E-state index is 12.5. The summed E-state index contributed by atoms with van der Waals surface area (Å²) in [6.07, 6.45) is -0.737. The van der Waals surface area contributed by atoms with Crippen LogP contribution in [0.5, 0.6) is 0 Å². The highest BCUT2D eigenvalue weighted by Gasteiger charge is 2.38. The van der Waals surface area contributed by atoms with Crippen molar-refractivity contribution in [3.05, 3.63) is 65.7 Å². The van der Waals surface area contributed by atoms with Gasteiger partial charge in [-0.2, -0.15) is 13.2 Å². The molecule has 2 aromatic rings. The summed E-state index contributed by atoms with van der Waals surface area (Å²) in [5.74, 6) is -3.37. The molecule has 0 aliphatic carbocycles. The minimum absolute atomic E-state index is 0.0925. The normalized spacial score (nSPS) is 19.2. The zero-order valence-electron chi connectivity index (χ0n) is 21.7. The molecule has 0 saturated carbocycles. The van der Waals surface area contributed by atoms with E-state index in [1.807, 2.05) is 34.9 Å². The Morgan fingerprint density at radius 2 is 1.69 bits per heavy atom. The lowest BCUT2D eigenvalue weighted by Gasteiger charge is -2.40. The summed E-state index contributed by atoms with van der Waals surface area (Å²) >= 11 is 0. The molecule has 4 rings (SSSR count). The number of nitrogens with one attached hydrogen (secondary N) is 1. The van der Waals surface area contributed by atoms with E-state index in [1.165, 1.54) is 11.1 Å². The number of carbonyl (C=O) groups excluding carboxylic acids is 1. The maximum Gasteiger partial charge on any atom is 0.490 e. The number of aliphatic carboxylic acids is 2. The lowest BCUT2D eigenvalue weighted by molar-refractivity contribution is -0.192. The molecule has 0 spiro atoms. The predicted molar refractivity (Wildman–Crippen MR) is 141 cm³/mol. The highest BCUT2D eigenvalue weighted by atomic mass is 19.4. The minimum atomic E-state index is -5.08. The Morgan fingerprint density at radius 1 is 1.05 bits per heavy atom. The number of halogens is 3. The van der Waals surface area contributed by atoms with Crippen molar-refractivity contribution in [3.63, 3.8) is 0 Å². The molecule has 11 heteroatoms. The predicted octanol–water partition coefficient (Wildman–Crippen LogP) is 5.18. The Hall–Kier alpha value is -3.86. The number of fused-ring (bicyclic) bond motifs is 1. The Morgan fingerprint density at radius 3 is 2.23 bits per heavy atom. The van der Waals surface area contributed by atoms with E-state index in [1.54, 1.807) is 0 Å². The molecule has 0 aromatic heterocycles. The number of hydrogen-bond acceptors (Lipinski definition) is 5. The summed E-state index contributed by atoms with van der Waals surface area (Å²) in [7, 11) is 0. The van der Waals surface area contributed by atoms with Gasteiger partial charge in [-0.05, 0) is 54.7 Å². The van der Waals surface area contributed by atoms with Gasteiger partial charge in [-0.25, -0.2) is 4.79 Å². The molecule has 3 N–H and O–H groups in total. The second kappa shape index (κ2) is 12.8. The van der Waals surface area contributed by atoms with E-state index in [-0.39, 0.29) is 24.5 Å². The number of nitrogens with zero attached hydrogens (tertiary/aromatic N) is 2. The zero-order chi connectivity index (χ0) is 28.7. The number of amides is 1. The third-order valence-electron chi connectivity index (χ3n) is 6.65. The van der Waals surface area contributed by atoms with Crippen LogP contribution in [-0.2, 0) is 14.4 Å². The second-order valence-corrected chi connectivity index (χ2v) is 9.45. The molecule has 39 heavy (non-hydrogen) atoms. The summed E-state index contributed by atoms with van der Waals surface area (Å²) in [5, 5.41) is 19.8. The highest BCUT2D eigenvalue weighted by Crippen LogP contribution is 2.39. The number of hydrogen-bond donors (Lipinski definition) is 3. The van der Waals surface area contributed by atoms with Crippen molar-refractivity contribution >= 4 is 34.8 Å². The van der Waals surface area contributed by atoms with Crippen molar-refractivity contribution < 1.29 is 37.8 Å². The van der Waals surface area contributed by atoms with Crippen LogP contribution < -0.4 is 10.2 Å². The molecule has 2 atom stereocenters. The van der Waals surface area contributed by atoms with Crippen molar-refractivity contribution in [2.75, 3.05) is 29.9 Å². The first kappa shape index (κ1) is 29.7. The van der Waals surface area contributed by atoms with Gasteiger partial charge in [0.2, 0.25) is 5.91 Å². The summed E-state index contributed by atoms with van der Waals surface area (Å²) in [6.45, 7) is 5.56. The molecule has 0 radical (unpaired) electrons. The van der Waals surface area contributed by atoms with E-state index in [2.05, 4.69) is 48.6 Å². The maximum atomic E-state index is 12.5. The number of anilines is 2. The van der Waals surface area contributed by atoms with Crippen LogP contribution in [-0.4, -0.2) is 64.8 Å². The fraction of sp³-hybridized carbons (Fsp3) is 0.393. The van der Waals surface area contributed by atoms with Crippen LogP contribution in [0.3, 0.4) is 0 Å². The Balaban J connectivity index is 0.000000532. The van der Waals surface area contributed by atoms with Crippen LogP contribution >= 0.6 is 0 Å². The zero-order valence-corrected chi connectivity index (χ0v) is 21.7. The van der Waals surface area contributed by atoms with Crippen molar-refractivity contribution in [1.29, 1.82) is 0 Å². The van der Waals surface area contributed by atoms with Crippen LogP contribution in [0.2, 0.25) is 0 Å². The molecule has 2 heterocycles. The van der Waals surface area contributed by atoms with Gasteiger partial charge in [0.15, 0.2) is 0 Å². The Kier molecular flexibility index (Phi) is 9.74. The van der Waals surface area contributed by atoms with Gasteiger partial charge >= 0.3 is 18.1 Å². The molecule has 2 aromatic carbocycles. The van der Waals surface area contributed by atoms with E-state index < -0.39 is 18.1 Å². The van der Waals surface area contributed by atoms with E-state index in [9.17, 15) is 22.8 Å². The standard InChI is InChI=1S/C26H31N3O3.C2HF3O2/c1-3-25(30)29-18(2)16-23(22-6-4-5-7-24(22)29)27-21-10-8-19(9-11-21)20-12-14-28(15-13-20)17-26(31)32;3-2(4,5)1(6)7/h4-12,18,23,27H,3,13-17H2,1-2H3,(H,31,32);(H,6,7)/t18-,23+;/m0./s1. The van der Waals surface area contributed by atoms with Gasteiger partial charge in [0.25, 0.3) is 0 Å². The number of para-hydroxylation sites is 1. The summed E-state index contributed by atoms with van der Waals surface area (Å²) in [4.78, 5) is 36.2. The molecule has 1 amide bonds. The molecule has 0 fully saturated rings. The van der Waals surface area contributed by atoms with Gasteiger partial charge in [0.05, 0.1) is 12.6 Å². The number of carboxylic acid groups (broad SMARTS) is 2. The van der Waals surface area contributed by atoms with Gasteiger partial charge in [-0.3, -0.25) is 14.5 Å². The second-order valence-electron chi connectivity index (χ2n) is 9.45. The van der Waals surface area contributed by atoms with Crippen molar-refractivity contribution in [3.8, 4) is 0 Å². The Labute approximate surface area is 224 Å². The fourth-order valence-electron chi connectivity index (χ4n) is 4.79. The first-order chi connectivity index (χ1) is 18.4. The van der Waals surface area contributed by atoms with Crippen LogP contribution in [0.4, 0.5) is 24.5 Å². The number of rotatable bonds is 6. The van der Waals surface area contributed by atoms with Crippen LogP contribution in [0.25, 0.3) is 5.57 Å². The van der Waals surface area contributed by atoms with E-state index >= 15 is 0 Å². The summed E-state index contributed by atoms with van der Waals surface area (Å²) in [5.41, 5.74) is 5.67. The fourth-order valence-corrected chi connectivity index (χ4v) is 4.79. The molecule has 210 valence electrons. The minimum Gasteiger partial charge on any atom is -0.480 e. The summed E-state index contributed by atoms with van der Waals surface area (Å²) < 4.78 is 31.7. The molecule has 0 bridgehead atoms.